The molecule has 0 aliphatic heterocycles. The van der Waals surface area contributed by atoms with E-state index < -0.39 is 6.10 Å². The largest absolute Gasteiger partial charge is 0.491 e. The second-order valence-corrected chi connectivity index (χ2v) is 5.22. The highest BCUT2D eigenvalue weighted by molar-refractivity contribution is 6.31. The summed E-state index contributed by atoms with van der Waals surface area (Å²) in [6, 6.07) is 3.88. The summed E-state index contributed by atoms with van der Waals surface area (Å²) in [6.07, 6.45) is -0.507. The molecule has 1 aromatic carbocycles. The molecule has 1 rings (SSSR count). The van der Waals surface area contributed by atoms with Crippen LogP contribution in [0.15, 0.2) is 12.1 Å². The minimum absolute atomic E-state index is 0.279. The Hall–Kier alpha value is -0.770. The third-order valence-corrected chi connectivity index (χ3v) is 3.11. The fourth-order valence-electron chi connectivity index (χ4n) is 1.75. The first-order valence-corrected chi connectivity index (χ1v) is 6.59. The average molecular weight is 272 g/mol. The number of aliphatic hydroxyl groups is 1. The number of halogens is 1. The van der Waals surface area contributed by atoms with Gasteiger partial charge in [-0.25, -0.2) is 0 Å². The molecule has 0 heterocycles. The average Bonchev–Trinajstić information content (AvgIpc) is 2.27. The van der Waals surface area contributed by atoms with Crippen LogP contribution in [-0.4, -0.2) is 31.4 Å². The minimum atomic E-state index is -0.507. The molecule has 0 aliphatic carbocycles. The molecule has 2 N–H and O–H groups in total. The lowest BCUT2D eigenvalue weighted by Crippen LogP contribution is -2.29. The fourth-order valence-corrected chi connectivity index (χ4v) is 2.18. The molecule has 1 aromatic rings. The molecule has 3 nitrogen and oxygen atoms in total. The topological polar surface area (TPSA) is 41.5 Å². The number of hydrogen-bond donors (Lipinski definition) is 2. The standard InChI is InChI=1S/C14H22ClNO2/c1-9(2)12-6-14(10(3)5-13(12)15)18-8-11(17)7-16-4/h5-6,9,11,16-17H,7-8H2,1-4H3. The third-order valence-electron chi connectivity index (χ3n) is 2.79. The van der Waals surface area contributed by atoms with Crippen molar-refractivity contribution in [2.45, 2.75) is 32.8 Å². The van der Waals surface area contributed by atoms with E-state index in [1.807, 2.05) is 19.1 Å². The minimum Gasteiger partial charge on any atom is -0.491 e. The highest BCUT2D eigenvalue weighted by Gasteiger charge is 2.11. The number of rotatable bonds is 6. The van der Waals surface area contributed by atoms with Crippen molar-refractivity contribution in [3.8, 4) is 5.75 Å². The molecule has 0 aromatic heterocycles. The number of hydrogen-bond acceptors (Lipinski definition) is 3. The Bertz CT molecular complexity index is 394. The van der Waals surface area contributed by atoms with Gasteiger partial charge in [-0.15, -0.1) is 0 Å². The maximum absolute atomic E-state index is 9.62. The number of aryl methyl sites for hydroxylation is 1. The first kappa shape index (κ1) is 15.3. The van der Waals surface area contributed by atoms with Crippen LogP contribution in [0.5, 0.6) is 5.75 Å². The van der Waals surface area contributed by atoms with Gasteiger partial charge in [0.1, 0.15) is 18.5 Å². The van der Waals surface area contributed by atoms with Crippen LogP contribution in [-0.2, 0) is 0 Å². The summed E-state index contributed by atoms with van der Waals surface area (Å²) in [7, 11) is 1.80. The van der Waals surface area contributed by atoms with Crippen molar-refractivity contribution in [1.82, 2.24) is 5.32 Å². The van der Waals surface area contributed by atoms with E-state index in [9.17, 15) is 5.11 Å². The second kappa shape index (κ2) is 6.98. The Balaban J connectivity index is 2.79. The van der Waals surface area contributed by atoms with Crippen LogP contribution in [0.25, 0.3) is 0 Å². The van der Waals surface area contributed by atoms with Gasteiger partial charge in [-0.05, 0) is 43.1 Å². The Morgan fingerprint density at radius 3 is 2.61 bits per heavy atom. The summed E-state index contributed by atoms with van der Waals surface area (Å²) >= 11 is 6.19. The quantitative estimate of drug-likeness (QED) is 0.836. The van der Waals surface area contributed by atoms with Crippen molar-refractivity contribution in [3.63, 3.8) is 0 Å². The van der Waals surface area contributed by atoms with Gasteiger partial charge in [-0.2, -0.15) is 0 Å². The molecule has 1 atom stereocenters. The predicted molar refractivity (Wildman–Crippen MR) is 75.7 cm³/mol. The van der Waals surface area contributed by atoms with Crippen molar-refractivity contribution in [2.24, 2.45) is 0 Å². The van der Waals surface area contributed by atoms with Crippen LogP contribution in [0.1, 0.15) is 30.9 Å². The summed E-state index contributed by atoms with van der Waals surface area (Å²) in [5, 5.41) is 13.3. The lowest BCUT2D eigenvalue weighted by molar-refractivity contribution is 0.108. The molecule has 0 amide bonds. The predicted octanol–water partition coefficient (Wildman–Crippen LogP) is 2.73. The summed E-state index contributed by atoms with van der Waals surface area (Å²) in [6.45, 7) is 6.94. The molecule has 0 bridgehead atoms. The van der Waals surface area contributed by atoms with Gasteiger partial charge >= 0.3 is 0 Å². The summed E-state index contributed by atoms with van der Waals surface area (Å²) in [5.41, 5.74) is 2.06. The van der Waals surface area contributed by atoms with Gasteiger partial charge in [0.25, 0.3) is 0 Å². The van der Waals surface area contributed by atoms with Gasteiger partial charge in [0.2, 0.25) is 0 Å². The van der Waals surface area contributed by atoms with E-state index >= 15 is 0 Å². The number of likely N-dealkylation sites (N-methyl/N-ethyl adjacent to an activating group) is 1. The number of ether oxygens (including phenoxy) is 1. The third kappa shape index (κ3) is 4.16. The molecule has 4 heteroatoms. The Kier molecular flexibility index (Phi) is 5.93. The van der Waals surface area contributed by atoms with Crippen molar-refractivity contribution in [1.29, 1.82) is 0 Å². The van der Waals surface area contributed by atoms with Crippen LogP contribution in [0, 0.1) is 6.92 Å². The normalized spacial score (nSPS) is 12.8. The van der Waals surface area contributed by atoms with Gasteiger partial charge in [-0.1, -0.05) is 25.4 Å². The number of benzene rings is 1. The highest BCUT2D eigenvalue weighted by Crippen LogP contribution is 2.31. The van der Waals surface area contributed by atoms with E-state index in [4.69, 9.17) is 16.3 Å². The zero-order valence-corrected chi connectivity index (χ0v) is 12.2. The molecule has 0 saturated carbocycles. The van der Waals surface area contributed by atoms with Crippen molar-refractivity contribution >= 4 is 11.6 Å². The molecule has 0 spiro atoms. The van der Waals surface area contributed by atoms with Crippen LogP contribution < -0.4 is 10.1 Å². The first-order chi connectivity index (χ1) is 8.45. The second-order valence-electron chi connectivity index (χ2n) is 4.82. The van der Waals surface area contributed by atoms with Crippen molar-refractivity contribution in [3.05, 3.63) is 28.3 Å². The SMILES string of the molecule is CNCC(O)COc1cc(C(C)C)c(Cl)cc1C. The van der Waals surface area contributed by atoms with E-state index in [0.29, 0.717) is 12.5 Å². The molecule has 0 fully saturated rings. The van der Waals surface area contributed by atoms with Gasteiger partial charge in [-0.3, -0.25) is 0 Å². The smallest absolute Gasteiger partial charge is 0.122 e. The lowest BCUT2D eigenvalue weighted by Gasteiger charge is -2.16. The maximum atomic E-state index is 9.62. The van der Waals surface area contributed by atoms with Gasteiger partial charge in [0.05, 0.1) is 0 Å². The molecule has 0 aliphatic rings. The highest BCUT2D eigenvalue weighted by atomic mass is 35.5. The van der Waals surface area contributed by atoms with Gasteiger partial charge in [0, 0.05) is 11.6 Å². The van der Waals surface area contributed by atoms with E-state index in [-0.39, 0.29) is 6.61 Å². The summed E-state index contributed by atoms with van der Waals surface area (Å²) in [5.74, 6) is 1.14. The van der Waals surface area contributed by atoms with Gasteiger partial charge < -0.3 is 15.2 Å². The van der Waals surface area contributed by atoms with Gasteiger partial charge in [0.15, 0.2) is 0 Å². The fraction of sp³-hybridized carbons (Fsp3) is 0.571. The molecular formula is C14H22ClNO2. The molecular weight excluding hydrogens is 250 g/mol. The zero-order chi connectivity index (χ0) is 13.7. The number of nitrogens with one attached hydrogen (secondary N) is 1. The monoisotopic (exact) mass is 271 g/mol. The van der Waals surface area contributed by atoms with Crippen molar-refractivity contribution in [2.75, 3.05) is 20.2 Å². The van der Waals surface area contributed by atoms with E-state index in [1.54, 1.807) is 7.05 Å². The van der Waals surface area contributed by atoms with Crippen LogP contribution >= 0.6 is 11.6 Å². The van der Waals surface area contributed by atoms with E-state index in [2.05, 4.69) is 19.2 Å². The maximum Gasteiger partial charge on any atom is 0.122 e. The zero-order valence-electron chi connectivity index (χ0n) is 11.5. The summed E-state index contributed by atoms with van der Waals surface area (Å²) in [4.78, 5) is 0. The Morgan fingerprint density at radius 2 is 2.06 bits per heavy atom. The van der Waals surface area contributed by atoms with Crippen molar-refractivity contribution < 1.29 is 9.84 Å². The van der Waals surface area contributed by atoms with E-state index in [1.165, 1.54) is 0 Å². The molecule has 0 radical (unpaired) electrons. The Labute approximate surface area is 114 Å². The molecule has 1 unspecified atom stereocenters. The van der Waals surface area contributed by atoms with Crippen LogP contribution in [0.4, 0.5) is 0 Å². The van der Waals surface area contributed by atoms with E-state index in [0.717, 1.165) is 21.9 Å². The Morgan fingerprint density at radius 1 is 1.39 bits per heavy atom. The first-order valence-electron chi connectivity index (χ1n) is 6.21. The molecule has 18 heavy (non-hydrogen) atoms. The lowest BCUT2D eigenvalue weighted by atomic mass is 10.0. The summed E-state index contributed by atoms with van der Waals surface area (Å²) < 4.78 is 5.65. The molecule has 0 saturated heterocycles. The van der Waals surface area contributed by atoms with Crippen LogP contribution in [0.3, 0.4) is 0 Å². The molecule has 102 valence electrons. The van der Waals surface area contributed by atoms with Crippen LogP contribution in [0.2, 0.25) is 5.02 Å². The number of aliphatic hydroxyl groups excluding tert-OH is 1.